The van der Waals surface area contributed by atoms with Gasteiger partial charge < -0.3 is 0 Å². The summed E-state index contributed by atoms with van der Waals surface area (Å²) in [5.74, 6) is 7.21. The topological polar surface area (TPSA) is 43.6 Å². The van der Waals surface area contributed by atoms with E-state index < -0.39 is 0 Å². The molecule has 0 atom stereocenters. The molecule has 0 amide bonds. The predicted molar refractivity (Wildman–Crippen MR) is 98.8 cm³/mol. The Morgan fingerprint density at radius 1 is 1.17 bits per heavy atom. The molecule has 0 saturated carbocycles. The summed E-state index contributed by atoms with van der Waals surface area (Å²) in [4.78, 5) is 4.15. The van der Waals surface area contributed by atoms with Gasteiger partial charge in [-0.25, -0.2) is 0 Å². The highest BCUT2D eigenvalue weighted by atomic mass is 35.5. The van der Waals surface area contributed by atoms with Gasteiger partial charge in [0.05, 0.1) is 21.5 Å². The molecule has 0 saturated heterocycles. The standard InChI is InChI=1S/C17H12Cl2N4S/c1-2-3-9-24-17-22-21-16(12-5-4-8-20-11-12)23(17)13-6-7-14(18)15(19)10-13/h4-8,10-11H,9H2,1H3. The summed E-state index contributed by atoms with van der Waals surface area (Å²) in [7, 11) is 0. The maximum Gasteiger partial charge on any atom is 0.197 e. The van der Waals surface area contributed by atoms with Gasteiger partial charge in [0.2, 0.25) is 0 Å². The maximum absolute atomic E-state index is 6.18. The normalized spacial score (nSPS) is 10.3. The van der Waals surface area contributed by atoms with Crippen LogP contribution < -0.4 is 0 Å². The minimum Gasteiger partial charge on any atom is -0.270 e. The van der Waals surface area contributed by atoms with E-state index in [0.717, 1.165) is 16.4 Å². The van der Waals surface area contributed by atoms with E-state index in [9.17, 15) is 0 Å². The van der Waals surface area contributed by atoms with E-state index in [0.29, 0.717) is 21.6 Å². The van der Waals surface area contributed by atoms with Gasteiger partial charge in [0, 0.05) is 18.0 Å². The minimum atomic E-state index is 0.476. The molecule has 2 aromatic heterocycles. The molecule has 0 aliphatic heterocycles. The van der Waals surface area contributed by atoms with Crippen LogP contribution in [0.15, 0.2) is 47.9 Å². The molecule has 3 rings (SSSR count). The third kappa shape index (κ3) is 3.57. The minimum absolute atomic E-state index is 0.476. The van der Waals surface area contributed by atoms with Crippen molar-refractivity contribution in [3.8, 4) is 28.9 Å². The molecule has 0 radical (unpaired) electrons. The molecule has 24 heavy (non-hydrogen) atoms. The summed E-state index contributed by atoms with van der Waals surface area (Å²) in [6, 6.07) is 9.23. The number of rotatable bonds is 4. The number of nitrogens with zero attached hydrogens (tertiary/aromatic N) is 4. The van der Waals surface area contributed by atoms with Crippen molar-refractivity contribution in [2.45, 2.75) is 12.1 Å². The molecule has 2 heterocycles. The van der Waals surface area contributed by atoms with Crippen LogP contribution in [-0.4, -0.2) is 25.5 Å². The van der Waals surface area contributed by atoms with Crippen molar-refractivity contribution in [1.29, 1.82) is 0 Å². The number of aromatic nitrogens is 4. The molecule has 1 aromatic carbocycles. The van der Waals surface area contributed by atoms with Gasteiger partial charge in [0.25, 0.3) is 0 Å². The molecular formula is C17H12Cl2N4S. The van der Waals surface area contributed by atoms with E-state index in [1.165, 1.54) is 11.8 Å². The van der Waals surface area contributed by atoms with Gasteiger partial charge in [-0.3, -0.25) is 9.55 Å². The highest BCUT2D eigenvalue weighted by Crippen LogP contribution is 2.31. The molecule has 0 aliphatic carbocycles. The third-order valence-electron chi connectivity index (χ3n) is 3.16. The highest BCUT2D eigenvalue weighted by Gasteiger charge is 2.16. The first kappa shape index (κ1) is 16.8. The predicted octanol–water partition coefficient (Wildman–Crippen LogP) is 4.75. The van der Waals surface area contributed by atoms with Gasteiger partial charge in [0.1, 0.15) is 0 Å². The fourth-order valence-corrected chi connectivity index (χ4v) is 3.13. The zero-order chi connectivity index (χ0) is 16.9. The Labute approximate surface area is 154 Å². The number of halogens is 2. The number of pyridine rings is 1. The van der Waals surface area contributed by atoms with Crippen LogP contribution in [0.1, 0.15) is 6.92 Å². The summed E-state index contributed by atoms with van der Waals surface area (Å²) in [6.45, 7) is 1.81. The van der Waals surface area contributed by atoms with E-state index in [1.54, 1.807) is 24.5 Å². The van der Waals surface area contributed by atoms with Crippen LogP contribution in [0.2, 0.25) is 10.0 Å². The lowest BCUT2D eigenvalue weighted by molar-refractivity contribution is 0.888. The zero-order valence-corrected chi connectivity index (χ0v) is 15.0. The molecule has 0 fully saturated rings. The molecule has 0 spiro atoms. The van der Waals surface area contributed by atoms with Crippen LogP contribution in [0, 0.1) is 11.8 Å². The molecule has 0 bridgehead atoms. The monoisotopic (exact) mass is 374 g/mol. The summed E-state index contributed by atoms with van der Waals surface area (Å²) in [5.41, 5.74) is 1.70. The lowest BCUT2D eigenvalue weighted by Crippen LogP contribution is -2.00. The van der Waals surface area contributed by atoms with Crippen molar-refractivity contribution < 1.29 is 0 Å². The lowest BCUT2D eigenvalue weighted by atomic mass is 10.2. The van der Waals surface area contributed by atoms with E-state index >= 15 is 0 Å². The van der Waals surface area contributed by atoms with Gasteiger partial charge in [-0.1, -0.05) is 40.9 Å². The van der Waals surface area contributed by atoms with Crippen molar-refractivity contribution in [3.05, 3.63) is 52.8 Å². The first-order chi connectivity index (χ1) is 11.7. The summed E-state index contributed by atoms with van der Waals surface area (Å²) >= 11 is 13.7. The van der Waals surface area contributed by atoms with Gasteiger partial charge in [-0.15, -0.1) is 16.1 Å². The Morgan fingerprint density at radius 3 is 2.75 bits per heavy atom. The largest absolute Gasteiger partial charge is 0.270 e. The van der Waals surface area contributed by atoms with E-state index in [2.05, 4.69) is 27.0 Å². The smallest absolute Gasteiger partial charge is 0.197 e. The van der Waals surface area contributed by atoms with Gasteiger partial charge in [0.15, 0.2) is 11.0 Å². The first-order valence-electron chi connectivity index (χ1n) is 7.04. The van der Waals surface area contributed by atoms with Crippen molar-refractivity contribution in [1.82, 2.24) is 19.7 Å². The van der Waals surface area contributed by atoms with E-state index in [4.69, 9.17) is 23.2 Å². The van der Waals surface area contributed by atoms with Gasteiger partial charge in [-0.2, -0.15) is 0 Å². The second-order valence-electron chi connectivity index (χ2n) is 4.70. The van der Waals surface area contributed by atoms with E-state index in [1.807, 2.05) is 29.7 Å². The molecule has 3 aromatic rings. The van der Waals surface area contributed by atoms with Crippen molar-refractivity contribution in [2.24, 2.45) is 0 Å². The lowest BCUT2D eigenvalue weighted by Gasteiger charge is -2.10. The van der Waals surface area contributed by atoms with Crippen molar-refractivity contribution in [2.75, 3.05) is 5.75 Å². The van der Waals surface area contributed by atoms with Crippen LogP contribution in [0.5, 0.6) is 0 Å². The first-order valence-corrected chi connectivity index (χ1v) is 8.78. The van der Waals surface area contributed by atoms with Crippen LogP contribution in [0.3, 0.4) is 0 Å². The quantitative estimate of drug-likeness (QED) is 0.488. The molecule has 0 aliphatic rings. The molecule has 0 N–H and O–H groups in total. The van der Waals surface area contributed by atoms with Crippen LogP contribution in [0.4, 0.5) is 0 Å². The summed E-state index contributed by atoms with van der Waals surface area (Å²) in [6.07, 6.45) is 3.47. The highest BCUT2D eigenvalue weighted by molar-refractivity contribution is 7.99. The van der Waals surface area contributed by atoms with E-state index in [-0.39, 0.29) is 0 Å². The number of hydrogen-bond donors (Lipinski definition) is 0. The third-order valence-corrected chi connectivity index (χ3v) is 4.71. The Balaban J connectivity index is 2.13. The van der Waals surface area contributed by atoms with Crippen molar-refractivity contribution >= 4 is 35.0 Å². The average molecular weight is 375 g/mol. The Bertz CT molecular complexity index is 913. The fourth-order valence-electron chi connectivity index (χ4n) is 2.08. The Hall–Kier alpha value is -2.00. The average Bonchev–Trinajstić information content (AvgIpc) is 3.02. The fraction of sp³-hybridized carbons (Fsp3) is 0.118. The molecule has 7 heteroatoms. The molecule has 120 valence electrons. The summed E-state index contributed by atoms with van der Waals surface area (Å²) in [5, 5.41) is 10.3. The molecular weight excluding hydrogens is 363 g/mol. The summed E-state index contributed by atoms with van der Waals surface area (Å²) < 4.78 is 1.93. The number of benzene rings is 1. The SMILES string of the molecule is CC#CCSc1nnc(-c2cccnc2)n1-c1ccc(Cl)c(Cl)c1. The second kappa shape index (κ2) is 7.71. The maximum atomic E-state index is 6.18. The number of thioether (sulfide) groups is 1. The van der Waals surface area contributed by atoms with Gasteiger partial charge in [-0.05, 0) is 37.3 Å². The Morgan fingerprint density at radius 2 is 2.04 bits per heavy atom. The Kier molecular flexibility index (Phi) is 5.41. The van der Waals surface area contributed by atoms with Crippen LogP contribution in [-0.2, 0) is 0 Å². The number of hydrogen-bond acceptors (Lipinski definition) is 4. The zero-order valence-electron chi connectivity index (χ0n) is 12.7. The second-order valence-corrected chi connectivity index (χ2v) is 6.45. The van der Waals surface area contributed by atoms with Crippen molar-refractivity contribution in [3.63, 3.8) is 0 Å². The van der Waals surface area contributed by atoms with Crippen LogP contribution >= 0.6 is 35.0 Å². The van der Waals surface area contributed by atoms with Crippen LogP contribution in [0.25, 0.3) is 17.1 Å². The molecule has 4 nitrogen and oxygen atoms in total. The van der Waals surface area contributed by atoms with Gasteiger partial charge >= 0.3 is 0 Å². The molecule has 0 unspecified atom stereocenters.